The molecule has 0 radical (unpaired) electrons. The zero-order valence-electron chi connectivity index (χ0n) is 10.9. The molecule has 2 heterocycles. The summed E-state index contributed by atoms with van der Waals surface area (Å²) in [5.74, 6) is -0.181. The predicted molar refractivity (Wildman–Crippen MR) is 84.0 cm³/mol. The van der Waals surface area contributed by atoms with Crippen molar-refractivity contribution in [3.63, 3.8) is 0 Å². The molecule has 20 heavy (non-hydrogen) atoms. The Balaban J connectivity index is 1.90. The highest BCUT2D eigenvalue weighted by molar-refractivity contribution is 7.22. The Bertz CT molecular complexity index is 745. The summed E-state index contributed by atoms with van der Waals surface area (Å²) in [6.07, 6.45) is 0. The van der Waals surface area contributed by atoms with Crippen LogP contribution in [0.5, 0.6) is 0 Å². The fourth-order valence-electron chi connectivity index (χ4n) is 1.89. The smallest absolute Gasteiger partial charge is 0.262 e. The van der Waals surface area contributed by atoms with Gasteiger partial charge in [-0.3, -0.25) is 10.1 Å². The van der Waals surface area contributed by atoms with Crippen molar-refractivity contribution in [2.45, 2.75) is 6.92 Å². The molecule has 0 spiro atoms. The number of para-hydroxylation sites is 1. The van der Waals surface area contributed by atoms with Gasteiger partial charge in [-0.2, -0.15) is 4.37 Å². The van der Waals surface area contributed by atoms with Gasteiger partial charge in [0.1, 0.15) is 5.00 Å². The summed E-state index contributed by atoms with van der Waals surface area (Å²) in [6, 6.07) is 7.80. The van der Waals surface area contributed by atoms with Crippen molar-refractivity contribution in [2.24, 2.45) is 0 Å². The van der Waals surface area contributed by atoms with Crippen LogP contribution in [0.15, 0.2) is 24.3 Å². The second-order valence-corrected chi connectivity index (χ2v) is 5.97. The number of carbonyl (C=O) groups is 1. The molecule has 2 aromatic heterocycles. The highest BCUT2D eigenvalue weighted by atomic mass is 32.1. The molecule has 1 aromatic carbocycles. The Kier molecular flexibility index (Phi) is 3.37. The fourth-order valence-corrected chi connectivity index (χ4v) is 3.50. The lowest BCUT2D eigenvalue weighted by molar-refractivity contribution is 0.102. The summed E-state index contributed by atoms with van der Waals surface area (Å²) in [5, 5.41) is 7.20. The first-order chi connectivity index (χ1) is 9.69. The SMILES string of the molecule is CNc1snc(C)c1C(=O)Nc1nc2ccccc2s1. The number of aromatic nitrogens is 2. The Morgan fingerprint density at radius 1 is 1.30 bits per heavy atom. The maximum Gasteiger partial charge on any atom is 0.262 e. The molecule has 3 rings (SSSR count). The average Bonchev–Trinajstić information content (AvgIpc) is 3.00. The molecule has 7 heteroatoms. The van der Waals surface area contributed by atoms with E-state index in [1.54, 1.807) is 7.05 Å². The zero-order valence-corrected chi connectivity index (χ0v) is 12.6. The number of carbonyl (C=O) groups excluding carboxylic acids is 1. The number of fused-ring (bicyclic) bond motifs is 1. The van der Waals surface area contributed by atoms with Gasteiger partial charge in [-0.1, -0.05) is 23.5 Å². The molecule has 0 fully saturated rings. The van der Waals surface area contributed by atoms with E-state index in [1.807, 2.05) is 31.2 Å². The van der Waals surface area contributed by atoms with E-state index in [9.17, 15) is 4.79 Å². The highest BCUT2D eigenvalue weighted by Gasteiger charge is 2.18. The number of amides is 1. The molecule has 2 N–H and O–H groups in total. The minimum atomic E-state index is -0.181. The molecular weight excluding hydrogens is 292 g/mol. The van der Waals surface area contributed by atoms with E-state index in [2.05, 4.69) is 20.0 Å². The summed E-state index contributed by atoms with van der Waals surface area (Å²) < 4.78 is 5.25. The van der Waals surface area contributed by atoms with Gasteiger partial charge in [0.25, 0.3) is 5.91 Å². The van der Waals surface area contributed by atoms with Crippen molar-refractivity contribution in [3.8, 4) is 0 Å². The summed E-state index contributed by atoms with van der Waals surface area (Å²) in [6.45, 7) is 1.82. The summed E-state index contributed by atoms with van der Waals surface area (Å²) in [5.41, 5.74) is 2.19. The van der Waals surface area contributed by atoms with Gasteiger partial charge >= 0.3 is 0 Å². The molecule has 5 nitrogen and oxygen atoms in total. The van der Waals surface area contributed by atoms with Crippen LogP contribution in [0.1, 0.15) is 16.1 Å². The van der Waals surface area contributed by atoms with Gasteiger partial charge in [0.05, 0.1) is 21.5 Å². The highest BCUT2D eigenvalue weighted by Crippen LogP contribution is 2.28. The molecule has 102 valence electrons. The van der Waals surface area contributed by atoms with Crippen LogP contribution >= 0.6 is 22.9 Å². The van der Waals surface area contributed by atoms with Crippen LogP contribution in [-0.2, 0) is 0 Å². The van der Waals surface area contributed by atoms with Gasteiger partial charge in [-0.05, 0) is 30.6 Å². The van der Waals surface area contributed by atoms with E-state index in [1.165, 1.54) is 22.9 Å². The van der Waals surface area contributed by atoms with E-state index < -0.39 is 0 Å². The van der Waals surface area contributed by atoms with Crippen molar-refractivity contribution in [1.29, 1.82) is 0 Å². The maximum absolute atomic E-state index is 12.3. The number of benzene rings is 1. The maximum atomic E-state index is 12.3. The second kappa shape index (κ2) is 5.18. The standard InChI is InChI=1S/C13H12N4OS2/c1-7-10(12(14-2)20-17-7)11(18)16-13-15-8-5-3-4-6-9(8)19-13/h3-6,14H,1-2H3,(H,15,16,18). The van der Waals surface area contributed by atoms with Gasteiger partial charge in [-0.15, -0.1) is 0 Å². The lowest BCUT2D eigenvalue weighted by atomic mass is 10.2. The number of aryl methyl sites for hydroxylation is 1. The molecule has 3 aromatic rings. The van der Waals surface area contributed by atoms with Crippen molar-refractivity contribution >= 4 is 49.1 Å². The average molecular weight is 304 g/mol. The molecular formula is C13H12N4OS2. The van der Waals surface area contributed by atoms with Crippen LogP contribution in [0.4, 0.5) is 10.1 Å². The second-order valence-electron chi connectivity index (χ2n) is 4.16. The third-order valence-electron chi connectivity index (χ3n) is 2.83. The number of nitrogens with zero attached hydrogens (tertiary/aromatic N) is 2. The van der Waals surface area contributed by atoms with Crippen molar-refractivity contribution < 1.29 is 4.79 Å². The first-order valence-electron chi connectivity index (χ1n) is 6.00. The van der Waals surface area contributed by atoms with Gasteiger partial charge in [-0.25, -0.2) is 4.98 Å². The molecule has 0 bridgehead atoms. The monoisotopic (exact) mass is 304 g/mol. The first kappa shape index (κ1) is 13.0. The lowest BCUT2D eigenvalue weighted by Gasteiger charge is -2.03. The Hall–Kier alpha value is -1.99. The van der Waals surface area contributed by atoms with Crippen LogP contribution in [0.3, 0.4) is 0 Å². The van der Waals surface area contributed by atoms with Crippen LogP contribution in [0, 0.1) is 6.92 Å². The Morgan fingerprint density at radius 2 is 2.10 bits per heavy atom. The van der Waals surface area contributed by atoms with Gasteiger partial charge in [0.2, 0.25) is 0 Å². The molecule has 0 atom stereocenters. The minimum absolute atomic E-state index is 0.181. The van der Waals surface area contributed by atoms with Crippen LogP contribution in [0.25, 0.3) is 10.2 Å². The van der Waals surface area contributed by atoms with E-state index >= 15 is 0 Å². The minimum Gasteiger partial charge on any atom is -0.378 e. The zero-order chi connectivity index (χ0) is 14.1. The molecule has 0 saturated heterocycles. The number of hydrogen-bond donors (Lipinski definition) is 2. The molecule has 0 unspecified atom stereocenters. The van der Waals surface area contributed by atoms with E-state index in [0.717, 1.165) is 20.9 Å². The van der Waals surface area contributed by atoms with Crippen molar-refractivity contribution in [1.82, 2.24) is 9.36 Å². The summed E-state index contributed by atoms with van der Waals surface area (Å²) in [7, 11) is 1.78. The topological polar surface area (TPSA) is 66.9 Å². The van der Waals surface area contributed by atoms with Crippen molar-refractivity contribution in [3.05, 3.63) is 35.5 Å². The quantitative estimate of drug-likeness (QED) is 0.778. The number of rotatable bonds is 3. The normalized spacial score (nSPS) is 10.7. The van der Waals surface area contributed by atoms with Crippen LogP contribution in [0.2, 0.25) is 0 Å². The fraction of sp³-hybridized carbons (Fsp3) is 0.154. The number of anilines is 2. The number of nitrogens with one attached hydrogen (secondary N) is 2. The first-order valence-corrected chi connectivity index (χ1v) is 7.59. The van der Waals surface area contributed by atoms with Crippen LogP contribution in [-0.4, -0.2) is 22.3 Å². The van der Waals surface area contributed by atoms with E-state index in [4.69, 9.17) is 0 Å². The lowest BCUT2D eigenvalue weighted by Crippen LogP contribution is -2.13. The Morgan fingerprint density at radius 3 is 2.85 bits per heavy atom. The van der Waals surface area contributed by atoms with E-state index in [-0.39, 0.29) is 5.91 Å². The van der Waals surface area contributed by atoms with Gasteiger partial charge in [0, 0.05) is 7.05 Å². The predicted octanol–water partition coefficient (Wildman–Crippen LogP) is 3.36. The molecule has 0 aliphatic heterocycles. The third kappa shape index (κ3) is 2.25. The summed E-state index contributed by atoms with van der Waals surface area (Å²) >= 11 is 2.74. The van der Waals surface area contributed by atoms with Crippen LogP contribution < -0.4 is 10.6 Å². The third-order valence-corrected chi connectivity index (χ3v) is 4.74. The van der Waals surface area contributed by atoms with Gasteiger partial charge < -0.3 is 5.32 Å². The summed E-state index contributed by atoms with van der Waals surface area (Å²) in [4.78, 5) is 16.7. The molecule has 0 aliphatic rings. The van der Waals surface area contributed by atoms with Gasteiger partial charge in [0.15, 0.2) is 5.13 Å². The molecule has 0 saturated carbocycles. The van der Waals surface area contributed by atoms with E-state index in [0.29, 0.717) is 10.7 Å². The number of thiazole rings is 1. The molecule has 1 amide bonds. The Labute approximate surface area is 123 Å². The molecule has 0 aliphatic carbocycles. The largest absolute Gasteiger partial charge is 0.378 e. The van der Waals surface area contributed by atoms with Crippen molar-refractivity contribution in [2.75, 3.05) is 17.7 Å². The number of hydrogen-bond acceptors (Lipinski definition) is 6.